The molecule has 0 bridgehead atoms. The summed E-state index contributed by atoms with van der Waals surface area (Å²) in [5.41, 5.74) is -0.267. The molecule has 2 saturated heterocycles. The fraction of sp³-hybridized carbons (Fsp3) is 0.400. The Balaban J connectivity index is 1.51. The molecule has 3 heterocycles. The number of amides is 1. The molecule has 2 aliphatic rings. The van der Waals surface area contributed by atoms with Gasteiger partial charge >= 0.3 is 6.18 Å². The zero-order valence-corrected chi connectivity index (χ0v) is 15.5. The number of pyridine rings is 1. The van der Waals surface area contributed by atoms with Crippen LogP contribution in [0.15, 0.2) is 42.6 Å². The zero-order valence-electron chi connectivity index (χ0n) is 15.5. The molecule has 1 spiro atoms. The molecule has 29 heavy (non-hydrogen) atoms. The predicted octanol–water partition coefficient (Wildman–Crippen LogP) is 3.82. The molecule has 2 fully saturated rings. The standard InChI is InChI=1S/C20H20F3N3O3/c21-20(22,23)14-3-1-4-15(13-14)25-17-16(5-2-8-24-17)18(27)26-9-6-19(7-10-26)28-11-12-29-19/h1-5,8,13H,6-7,9-12H2,(H,24,25). The van der Waals surface area contributed by atoms with Crippen molar-refractivity contribution in [2.24, 2.45) is 0 Å². The van der Waals surface area contributed by atoms with Crippen LogP contribution in [0.4, 0.5) is 24.7 Å². The maximum Gasteiger partial charge on any atom is 0.416 e. The third-order valence-corrected chi connectivity index (χ3v) is 5.12. The van der Waals surface area contributed by atoms with Crippen molar-refractivity contribution in [3.05, 3.63) is 53.7 Å². The molecule has 1 amide bonds. The SMILES string of the molecule is O=C(c1cccnc1Nc1cccc(C(F)(F)F)c1)N1CCC2(CC1)OCCO2. The highest BCUT2D eigenvalue weighted by Gasteiger charge is 2.41. The Morgan fingerprint density at radius 3 is 2.52 bits per heavy atom. The molecule has 0 aliphatic carbocycles. The van der Waals surface area contributed by atoms with E-state index in [1.807, 2.05) is 0 Å². The number of rotatable bonds is 3. The third kappa shape index (κ3) is 4.20. The van der Waals surface area contributed by atoms with E-state index >= 15 is 0 Å². The summed E-state index contributed by atoms with van der Waals surface area (Å²) in [5.74, 6) is -0.615. The van der Waals surface area contributed by atoms with Gasteiger partial charge in [0.25, 0.3) is 5.91 Å². The largest absolute Gasteiger partial charge is 0.416 e. The predicted molar refractivity (Wildman–Crippen MR) is 98.7 cm³/mol. The highest BCUT2D eigenvalue weighted by Crippen LogP contribution is 2.33. The van der Waals surface area contributed by atoms with Gasteiger partial charge in [-0.1, -0.05) is 6.07 Å². The smallest absolute Gasteiger partial charge is 0.347 e. The van der Waals surface area contributed by atoms with E-state index in [2.05, 4.69) is 10.3 Å². The van der Waals surface area contributed by atoms with Crippen molar-refractivity contribution in [2.45, 2.75) is 24.8 Å². The van der Waals surface area contributed by atoms with Gasteiger partial charge in [-0.05, 0) is 30.3 Å². The minimum atomic E-state index is -4.45. The van der Waals surface area contributed by atoms with Crippen molar-refractivity contribution in [3.63, 3.8) is 0 Å². The number of nitrogens with one attached hydrogen (secondary N) is 1. The van der Waals surface area contributed by atoms with E-state index in [-0.39, 0.29) is 17.4 Å². The van der Waals surface area contributed by atoms with Crippen molar-refractivity contribution < 1.29 is 27.4 Å². The number of carbonyl (C=O) groups excluding carboxylic acids is 1. The Labute approximate surface area is 165 Å². The van der Waals surface area contributed by atoms with Crippen LogP contribution in [0.2, 0.25) is 0 Å². The summed E-state index contributed by atoms with van der Waals surface area (Å²) >= 11 is 0. The van der Waals surface area contributed by atoms with E-state index in [4.69, 9.17) is 9.47 Å². The minimum absolute atomic E-state index is 0.206. The molecule has 1 aromatic heterocycles. The molecule has 2 aromatic rings. The van der Waals surface area contributed by atoms with Gasteiger partial charge in [-0.15, -0.1) is 0 Å². The van der Waals surface area contributed by atoms with E-state index in [0.717, 1.165) is 12.1 Å². The van der Waals surface area contributed by atoms with Crippen LogP contribution < -0.4 is 5.32 Å². The number of ether oxygens (including phenoxy) is 2. The van der Waals surface area contributed by atoms with Crippen molar-refractivity contribution >= 4 is 17.4 Å². The first-order chi connectivity index (χ1) is 13.9. The first-order valence-corrected chi connectivity index (χ1v) is 9.33. The average molecular weight is 407 g/mol. The van der Waals surface area contributed by atoms with Crippen molar-refractivity contribution in [1.82, 2.24) is 9.88 Å². The fourth-order valence-corrected chi connectivity index (χ4v) is 3.59. The Hall–Kier alpha value is -2.65. The fourth-order valence-electron chi connectivity index (χ4n) is 3.59. The lowest BCUT2D eigenvalue weighted by molar-refractivity contribution is -0.181. The van der Waals surface area contributed by atoms with Crippen LogP contribution in [0, 0.1) is 0 Å². The second-order valence-electron chi connectivity index (χ2n) is 7.00. The number of alkyl halides is 3. The molecular weight excluding hydrogens is 387 g/mol. The number of hydrogen-bond donors (Lipinski definition) is 1. The Bertz CT molecular complexity index is 888. The van der Waals surface area contributed by atoms with Crippen LogP contribution in [-0.2, 0) is 15.7 Å². The third-order valence-electron chi connectivity index (χ3n) is 5.12. The molecule has 1 N–H and O–H groups in total. The van der Waals surface area contributed by atoms with Gasteiger partial charge in [0.1, 0.15) is 5.82 Å². The summed E-state index contributed by atoms with van der Waals surface area (Å²) in [7, 11) is 0. The molecule has 0 atom stereocenters. The van der Waals surface area contributed by atoms with Gasteiger partial charge in [0, 0.05) is 37.8 Å². The highest BCUT2D eigenvalue weighted by molar-refractivity contribution is 5.99. The summed E-state index contributed by atoms with van der Waals surface area (Å²) in [4.78, 5) is 18.9. The molecule has 0 unspecified atom stereocenters. The topological polar surface area (TPSA) is 63.7 Å². The molecule has 0 saturated carbocycles. The molecule has 9 heteroatoms. The number of likely N-dealkylation sites (tertiary alicyclic amines) is 1. The number of piperidine rings is 1. The summed E-state index contributed by atoms with van der Waals surface area (Å²) < 4.78 is 50.2. The molecule has 1 aromatic carbocycles. The summed E-state index contributed by atoms with van der Waals surface area (Å²) in [6.45, 7) is 2.05. The van der Waals surface area contributed by atoms with E-state index in [9.17, 15) is 18.0 Å². The maximum absolute atomic E-state index is 13.0. The van der Waals surface area contributed by atoms with E-state index in [0.29, 0.717) is 44.7 Å². The van der Waals surface area contributed by atoms with Gasteiger partial charge in [0.05, 0.1) is 24.3 Å². The number of anilines is 2. The molecule has 6 nitrogen and oxygen atoms in total. The minimum Gasteiger partial charge on any atom is -0.347 e. The van der Waals surface area contributed by atoms with Gasteiger partial charge < -0.3 is 19.7 Å². The van der Waals surface area contributed by atoms with Gasteiger partial charge in [-0.3, -0.25) is 4.79 Å². The lowest BCUT2D eigenvalue weighted by Gasteiger charge is -2.37. The number of aromatic nitrogens is 1. The van der Waals surface area contributed by atoms with Crippen molar-refractivity contribution in [1.29, 1.82) is 0 Å². The second-order valence-corrected chi connectivity index (χ2v) is 7.00. The maximum atomic E-state index is 13.0. The number of nitrogens with zero attached hydrogens (tertiary/aromatic N) is 2. The highest BCUT2D eigenvalue weighted by atomic mass is 19.4. The van der Waals surface area contributed by atoms with Crippen molar-refractivity contribution in [3.8, 4) is 0 Å². The number of halogens is 3. The van der Waals surface area contributed by atoms with Crippen LogP contribution in [0.1, 0.15) is 28.8 Å². The summed E-state index contributed by atoms with van der Waals surface area (Å²) in [6.07, 6.45) is -1.81. The molecule has 4 rings (SSSR count). The van der Waals surface area contributed by atoms with E-state index in [1.54, 1.807) is 17.0 Å². The van der Waals surface area contributed by atoms with Gasteiger partial charge in [-0.2, -0.15) is 13.2 Å². The average Bonchev–Trinajstić information content (AvgIpc) is 3.16. The van der Waals surface area contributed by atoms with E-state index in [1.165, 1.54) is 18.3 Å². The Morgan fingerprint density at radius 2 is 1.83 bits per heavy atom. The van der Waals surface area contributed by atoms with Crippen LogP contribution in [0.5, 0.6) is 0 Å². The van der Waals surface area contributed by atoms with E-state index < -0.39 is 17.5 Å². The number of carbonyl (C=O) groups is 1. The van der Waals surface area contributed by atoms with Gasteiger partial charge in [0.2, 0.25) is 0 Å². The van der Waals surface area contributed by atoms with Crippen LogP contribution in [0.3, 0.4) is 0 Å². The molecule has 0 radical (unpaired) electrons. The van der Waals surface area contributed by atoms with Crippen LogP contribution in [-0.4, -0.2) is 47.9 Å². The Kier molecular flexibility index (Phi) is 5.18. The monoisotopic (exact) mass is 407 g/mol. The zero-order chi connectivity index (χ0) is 20.5. The number of hydrogen-bond acceptors (Lipinski definition) is 5. The normalized spacial score (nSPS) is 18.8. The summed E-state index contributed by atoms with van der Waals surface area (Å²) in [6, 6.07) is 8.02. The van der Waals surface area contributed by atoms with Crippen LogP contribution in [0.25, 0.3) is 0 Å². The molecular formula is C20H20F3N3O3. The van der Waals surface area contributed by atoms with Gasteiger partial charge in [-0.25, -0.2) is 4.98 Å². The first-order valence-electron chi connectivity index (χ1n) is 9.33. The Morgan fingerprint density at radius 1 is 1.10 bits per heavy atom. The van der Waals surface area contributed by atoms with Crippen molar-refractivity contribution in [2.75, 3.05) is 31.6 Å². The summed E-state index contributed by atoms with van der Waals surface area (Å²) in [5, 5.41) is 2.85. The lowest BCUT2D eigenvalue weighted by atomic mass is 10.0. The second kappa shape index (κ2) is 7.64. The lowest BCUT2D eigenvalue weighted by Crippen LogP contribution is -2.47. The number of benzene rings is 1. The molecule has 154 valence electrons. The molecule has 2 aliphatic heterocycles. The van der Waals surface area contributed by atoms with Gasteiger partial charge in [0.15, 0.2) is 5.79 Å². The first kappa shape index (κ1) is 19.7. The quantitative estimate of drug-likeness (QED) is 0.838. The van der Waals surface area contributed by atoms with Crippen LogP contribution >= 0.6 is 0 Å².